The molecular weight excluding hydrogens is 512 g/mol. The number of carbonyl (C=O) groups excluding carboxylic acids is 2. The molecule has 0 heterocycles. The summed E-state index contributed by atoms with van der Waals surface area (Å²) in [6.45, 7) is 5.53. The molecule has 1 aliphatic carbocycles. The minimum absolute atomic E-state index is 0.118. The first-order valence-electron chi connectivity index (χ1n) is 14.0. The Morgan fingerprint density at radius 3 is 2.28 bits per heavy atom. The second-order valence-corrected chi connectivity index (χ2v) is 12.7. The van der Waals surface area contributed by atoms with Gasteiger partial charge < -0.3 is 10.2 Å². The fraction of sp³-hybridized carbons (Fsp3) is 0.533. The van der Waals surface area contributed by atoms with E-state index in [1.165, 1.54) is 24.8 Å². The van der Waals surface area contributed by atoms with Crippen LogP contribution < -0.4 is 9.62 Å². The number of amides is 2. The van der Waals surface area contributed by atoms with E-state index < -0.39 is 28.7 Å². The molecule has 0 bridgehead atoms. The van der Waals surface area contributed by atoms with Crippen LogP contribution in [0.3, 0.4) is 0 Å². The quantitative estimate of drug-likeness (QED) is 0.424. The molecule has 0 aromatic heterocycles. The van der Waals surface area contributed by atoms with Crippen LogP contribution in [0.25, 0.3) is 0 Å². The molecule has 1 fully saturated rings. The minimum Gasteiger partial charge on any atom is -0.352 e. The van der Waals surface area contributed by atoms with Crippen molar-refractivity contribution in [3.63, 3.8) is 0 Å². The summed E-state index contributed by atoms with van der Waals surface area (Å²) in [4.78, 5) is 29.1. The van der Waals surface area contributed by atoms with Crippen LogP contribution >= 0.6 is 0 Å². The Hall–Kier alpha value is -2.91. The van der Waals surface area contributed by atoms with E-state index in [4.69, 9.17) is 0 Å². The Labute approximate surface area is 234 Å². The van der Waals surface area contributed by atoms with Crippen molar-refractivity contribution < 1.29 is 18.0 Å². The van der Waals surface area contributed by atoms with E-state index in [1.807, 2.05) is 63.2 Å². The minimum atomic E-state index is -3.98. The van der Waals surface area contributed by atoms with E-state index in [2.05, 4.69) is 5.32 Å². The summed E-state index contributed by atoms with van der Waals surface area (Å²) < 4.78 is 29.2. The van der Waals surface area contributed by atoms with E-state index in [-0.39, 0.29) is 11.9 Å². The van der Waals surface area contributed by atoms with E-state index in [0.29, 0.717) is 25.1 Å². The number of hydrogen-bond acceptors (Lipinski definition) is 4. The number of nitrogens with zero attached hydrogens (tertiary/aromatic N) is 3. The predicted octanol–water partition coefficient (Wildman–Crippen LogP) is 4.22. The highest BCUT2D eigenvalue weighted by atomic mass is 32.2. The molecule has 0 saturated heterocycles. The van der Waals surface area contributed by atoms with Crippen LogP contribution in [0, 0.1) is 13.8 Å². The Morgan fingerprint density at radius 1 is 1.00 bits per heavy atom. The maximum absolute atomic E-state index is 14.0. The molecule has 39 heavy (non-hydrogen) atoms. The van der Waals surface area contributed by atoms with Gasteiger partial charge in [-0.2, -0.15) is 12.7 Å². The van der Waals surface area contributed by atoms with Gasteiger partial charge in [-0.05, 0) is 62.3 Å². The van der Waals surface area contributed by atoms with Crippen LogP contribution in [0.15, 0.2) is 48.5 Å². The topological polar surface area (TPSA) is 90.0 Å². The number of nitrogens with one attached hydrogen (secondary N) is 1. The highest BCUT2D eigenvalue weighted by molar-refractivity contribution is 7.90. The van der Waals surface area contributed by atoms with Crippen LogP contribution in [0.1, 0.15) is 62.1 Å². The molecule has 1 saturated carbocycles. The maximum Gasteiger partial charge on any atom is 0.304 e. The van der Waals surface area contributed by atoms with Gasteiger partial charge in [-0.25, -0.2) is 4.31 Å². The molecule has 2 aromatic carbocycles. The molecule has 0 radical (unpaired) electrons. The first kappa shape index (κ1) is 30.6. The number of rotatable bonds is 12. The van der Waals surface area contributed by atoms with Gasteiger partial charge in [-0.15, -0.1) is 0 Å². The highest BCUT2D eigenvalue weighted by Crippen LogP contribution is 2.26. The Kier molecular flexibility index (Phi) is 10.9. The van der Waals surface area contributed by atoms with Crippen molar-refractivity contribution in [2.45, 2.75) is 77.8 Å². The molecule has 1 aliphatic rings. The molecule has 9 heteroatoms. The molecule has 0 unspecified atom stereocenters. The standard InChI is InChI=1S/C30H44N4O4S/c1-6-27(30(36)31-26-15-11-8-12-16-26)33(20-19-25-13-9-7-10-14-25)29(35)22-34(39(37,38)32(4)5)28-21-23(2)17-18-24(28)3/h7,9-10,13-14,17-18,21,26-27H,6,8,11-12,15-16,19-20,22H2,1-5H3,(H,31,36)/t27-/m0/s1. The zero-order valence-corrected chi connectivity index (χ0v) is 24.8. The van der Waals surface area contributed by atoms with Crippen LogP contribution in [-0.4, -0.2) is 68.7 Å². The zero-order chi connectivity index (χ0) is 28.6. The smallest absolute Gasteiger partial charge is 0.304 e. The van der Waals surface area contributed by atoms with E-state index in [1.54, 1.807) is 11.0 Å². The van der Waals surface area contributed by atoms with E-state index >= 15 is 0 Å². The summed E-state index contributed by atoms with van der Waals surface area (Å²) >= 11 is 0. The molecule has 3 rings (SSSR count). The van der Waals surface area contributed by atoms with Crippen molar-refractivity contribution in [2.24, 2.45) is 0 Å². The third-order valence-corrected chi connectivity index (χ3v) is 9.28. The molecule has 8 nitrogen and oxygen atoms in total. The van der Waals surface area contributed by atoms with Gasteiger partial charge in [0.2, 0.25) is 11.8 Å². The molecule has 2 amide bonds. The monoisotopic (exact) mass is 556 g/mol. The lowest BCUT2D eigenvalue weighted by Crippen LogP contribution is -2.55. The summed E-state index contributed by atoms with van der Waals surface area (Å²) in [6.07, 6.45) is 6.24. The van der Waals surface area contributed by atoms with Crippen molar-refractivity contribution >= 4 is 27.7 Å². The Morgan fingerprint density at radius 2 is 1.67 bits per heavy atom. The van der Waals surface area contributed by atoms with E-state index in [0.717, 1.165) is 46.7 Å². The summed E-state index contributed by atoms with van der Waals surface area (Å²) in [5.41, 5.74) is 3.14. The SMILES string of the molecule is CC[C@@H](C(=O)NC1CCCCC1)N(CCc1ccccc1)C(=O)CN(c1cc(C)ccc1C)S(=O)(=O)N(C)C. The van der Waals surface area contributed by atoms with Crippen LogP contribution in [-0.2, 0) is 26.2 Å². The molecule has 2 aromatic rings. The fourth-order valence-corrected chi connectivity index (χ4v) is 6.24. The Bertz CT molecular complexity index is 1210. The summed E-state index contributed by atoms with van der Waals surface area (Å²) in [5, 5.41) is 3.18. The van der Waals surface area contributed by atoms with Gasteiger partial charge in [-0.3, -0.25) is 9.59 Å². The molecule has 0 spiro atoms. The lowest BCUT2D eigenvalue weighted by atomic mass is 9.95. The summed E-state index contributed by atoms with van der Waals surface area (Å²) in [7, 11) is -1.07. The number of benzene rings is 2. The molecule has 1 N–H and O–H groups in total. The van der Waals surface area contributed by atoms with Crippen LogP contribution in [0.2, 0.25) is 0 Å². The molecular formula is C30H44N4O4S. The summed E-state index contributed by atoms with van der Waals surface area (Å²) in [5.74, 6) is -0.567. The second kappa shape index (κ2) is 13.9. The molecule has 0 aliphatic heterocycles. The number of carbonyl (C=O) groups is 2. The lowest BCUT2D eigenvalue weighted by molar-refractivity contribution is -0.140. The second-order valence-electron chi connectivity index (χ2n) is 10.7. The van der Waals surface area contributed by atoms with Gasteiger partial charge in [0.15, 0.2) is 0 Å². The molecule has 214 valence electrons. The third kappa shape index (κ3) is 8.05. The van der Waals surface area contributed by atoms with Gasteiger partial charge in [0.05, 0.1) is 5.69 Å². The van der Waals surface area contributed by atoms with Crippen LogP contribution in [0.4, 0.5) is 5.69 Å². The fourth-order valence-electron chi connectivity index (χ4n) is 5.13. The molecule has 1 atom stereocenters. The highest BCUT2D eigenvalue weighted by Gasteiger charge is 2.34. The number of anilines is 1. The van der Waals surface area contributed by atoms with E-state index in [9.17, 15) is 18.0 Å². The van der Waals surface area contributed by atoms with Crippen molar-refractivity contribution in [1.29, 1.82) is 0 Å². The number of hydrogen-bond donors (Lipinski definition) is 1. The average Bonchev–Trinajstić information content (AvgIpc) is 2.91. The first-order valence-corrected chi connectivity index (χ1v) is 15.4. The van der Waals surface area contributed by atoms with Crippen molar-refractivity contribution in [3.05, 3.63) is 65.2 Å². The normalized spacial score (nSPS) is 15.1. The third-order valence-electron chi connectivity index (χ3n) is 7.47. The van der Waals surface area contributed by atoms with Gasteiger partial charge in [0.1, 0.15) is 12.6 Å². The largest absolute Gasteiger partial charge is 0.352 e. The maximum atomic E-state index is 14.0. The lowest BCUT2D eigenvalue weighted by Gasteiger charge is -2.35. The van der Waals surface area contributed by atoms with Gasteiger partial charge >= 0.3 is 10.2 Å². The Balaban J connectivity index is 1.94. The van der Waals surface area contributed by atoms with Crippen molar-refractivity contribution in [1.82, 2.24) is 14.5 Å². The first-order chi connectivity index (χ1) is 18.5. The van der Waals surface area contributed by atoms with Crippen molar-refractivity contribution in [3.8, 4) is 0 Å². The van der Waals surface area contributed by atoms with Crippen LogP contribution in [0.5, 0.6) is 0 Å². The summed E-state index contributed by atoms with van der Waals surface area (Å²) in [6, 6.07) is 14.8. The number of aryl methyl sites for hydroxylation is 2. The van der Waals surface area contributed by atoms with Gasteiger partial charge in [-0.1, -0.05) is 68.7 Å². The van der Waals surface area contributed by atoms with Crippen molar-refractivity contribution in [2.75, 3.05) is 31.5 Å². The average molecular weight is 557 g/mol. The predicted molar refractivity (Wildman–Crippen MR) is 157 cm³/mol. The van der Waals surface area contributed by atoms with Gasteiger partial charge in [0, 0.05) is 26.7 Å². The van der Waals surface area contributed by atoms with Gasteiger partial charge in [0.25, 0.3) is 0 Å². The zero-order valence-electron chi connectivity index (χ0n) is 24.0.